The van der Waals surface area contributed by atoms with E-state index in [9.17, 15) is 4.79 Å². The lowest BCUT2D eigenvalue weighted by molar-refractivity contribution is 0.0791. The van der Waals surface area contributed by atoms with Crippen molar-refractivity contribution in [2.75, 3.05) is 20.1 Å². The molecular weight excluding hydrogens is 343 g/mol. The van der Waals surface area contributed by atoms with E-state index in [0.717, 1.165) is 17.8 Å². The lowest BCUT2D eigenvalue weighted by atomic mass is 10.2. The summed E-state index contributed by atoms with van der Waals surface area (Å²) in [5, 5.41) is 2.72. The fraction of sp³-hybridized carbons (Fsp3) is 0.357. The molecule has 2 rings (SSSR count). The topological polar surface area (TPSA) is 72.1 Å². The number of rotatable bonds is 6. The summed E-state index contributed by atoms with van der Waals surface area (Å²) in [6, 6.07) is 3.92. The Morgan fingerprint density at radius 3 is 2.59 bits per heavy atom. The molecule has 2 aromatic heterocycles. The first-order valence-electron chi connectivity index (χ1n) is 6.49. The van der Waals surface area contributed by atoms with E-state index >= 15 is 0 Å². The first-order valence-corrected chi connectivity index (χ1v) is 7.37. The van der Waals surface area contributed by atoms with Crippen molar-refractivity contribution >= 4 is 42.1 Å². The molecule has 122 valence electrons. The quantitative estimate of drug-likeness (QED) is 0.854. The summed E-state index contributed by atoms with van der Waals surface area (Å²) < 4.78 is 0. The first kappa shape index (κ1) is 20.8. The molecule has 0 spiro atoms. The number of thiazole rings is 1. The third-order valence-electron chi connectivity index (χ3n) is 2.96. The number of amides is 1. The van der Waals surface area contributed by atoms with Crippen LogP contribution in [0.2, 0.25) is 0 Å². The van der Waals surface area contributed by atoms with Crippen molar-refractivity contribution in [1.82, 2.24) is 14.9 Å². The van der Waals surface area contributed by atoms with Crippen molar-refractivity contribution < 1.29 is 4.79 Å². The number of carbonyl (C=O) groups excluding carboxylic acids is 1. The molecule has 2 heterocycles. The van der Waals surface area contributed by atoms with Crippen LogP contribution in [0.25, 0.3) is 0 Å². The molecule has 0 atom stereocenters. The highest BCUT2D eigenvalue weighted by Crippen LogP contribution is 2.12. The molecule has 0 saturated carbocycles. The van der Waals surface area contributed by atoms with Gasteiger partial charge in [-0.15, -0.1) is 36.2 Å². The van der Waals surface area contributed by atoms with Gasteiger partial charge in [0.05, 0.1) is 5.01 Å². The zero-order chi connectivity index (χ0) is 14.4. The minimum atomic E-state index is -0.0430. The van der Waals surface area contributed by atoms with E-state index in [1.807, 2.05) is 12.1 Å². The largest absolute Gasteiger partial charge is 0.340 e. The van der Waals surface area contributed by atoms with Crippen LogP contribution in [0.5, 0.6) is 0 Å². The molecular formula is C14H20Cl2N4OS. The first-order chi connectivity index (χ1) is 9.70. The zero-order valence-electron chi connectivity index (χ0n) is 12.3. The summed E-state index contributed by atoms with van der Waals surface area (Å²) in [5.74, 6) is -0.0430. The van der Waals surface area contributed by atoms with Crippen molar-refractivity contribution in [2.45, 2.75) is 12.8 Å². The predicted molar refractivity (Wildman–Crippen MR) is 94.3 cm³/mol. The van der Waals surface area contributed by atoms with Crippen LogP contribution in [0.15, 0.2) is 29.9 Å². The summed E-state index contributed by atoms with van der Waals surface area (Å²) in [7, 11) is 1.80. The second-order valence-electron chi connectivity index (χ2n) is 4.50. The Morgan fingerprint density at radius 2 is 1.95 bits per heavy atom. The van der Waals surface area contributed by atoms with E-state index in [2.05, 4.69) is 9.97 Å². The van der Waals surface area contributed by atoms with Gasteiger partial charge in [-0.25, -0.2) is 4.98 Å². The van der Waals surface area contributed by atoms with Crippen LogP contribution in [-0.2, 0) is 12.8 Å². The molecule has 0 aliphatic rings. The minimum Gasteiger partial charge on any atom is -0.340 e. The van der Waals surface area contributed by atoms with Crippen molar-refractivity contribution in [2.24, 2.45) is 5.73 Å². The molecule has 0 fully saturated rings. The lowest BCUT2D eigenvalue weighted by Crippen LogP contribution is -2.29. The van der Waals surface area contributed by atoms with Crippen LogP contribution in [0.3, 0.4) is 0 Å². The van der Waals surface area contributed by atoms with Crippen molar-refractivity contribution in [3.63, 3.8) is 0 Å². The van der Waals surface area contributed by atoms with Gasteiger partial charge in [-0.3, -0.25) is 9.78 Å². The van der Waals surface area contributed by atoms with E-state index in [0.29, 0.717) is 18.8 Å². The normalized spacial score (nSPS) is 9.55. The summed E-state index contributed by atoms with van der Waals surface area (Å²) >= 11 is 1.49. The summed E-state index contributed by atoms with van der Waals surface area (Å²) in [4.78, 5) is 22.2. The maximum atomic E-state index is 12.2. The molecule has 2 N–H and O–H groups in total. The van der Waals surface area contributed by atoms with Crippen molar-refractivity contribution in [1.29, 1.82) is 0 Å². The molecule has 0 saturated heterocycles. The second kappa shape index (κ2) is 10.5. The number of aromatic nitrogens is 2. The third-order valence-corrected chi connectivity index (χ3v) is 3.87. The standard InChI is InChI=1S/C14H18N4OS.2ClH/c1-18(9-5-11-3-7-16-8-4-11)14(19)12-10-20-13(17-12)2-6-15;;/h3-4,7-8,10H,2,5-6,9,15H2,1H3;2*1H. The third kappa shape index (κ3) is 5.88. The average Bonchev–Trinajstić information content (AvgIpc) is 2.94. The number of pyridine rings is 1. The summed E-state index contributed by atoms with van der Waals surface area (Å²) in [6.07, 6.45) is 5.05. The molecule has 22 heavy (non-hydrogen) atoms. The number of nitrogens with zero attached hydrogens (tertiary/aromatic N) is 3. The van der Waals surface area contributed by atoms with Gasteiger partial charge < -0.3 is 10.6 Å². The molecule has 0 aromatic carbocycles. The number of hydrogen-bond donors (Lipinski definition) is 1. The Bertz CT molecular complexity index is 565. The predicted octanol–water partition coefficient (Wildman–Crippen LogP) is 2.20. The molecule has 0 radical (unpaired) electrons. The van der Waals surface area contributed by atoms with Gasteiger partial charge in [-0.1, -0.05) is 0 Å². The van der Waals surface area contributed by atoms with Gasteiger partial charge in [0.15, 0.2) is 0 Å². The van der Waals surface area contributed by atoms with Crippen LogP contribution in [0.4, 0.5) is 0 Å². The maximum absolute atomic E-state index is 12.2. The molecule has 0 aliphatic carbocycles. The average molecular weight is 363 g/mol. The number of halogens is 2. The van der Waals surface area contributed by atoms with Crippen molar-refractivity contribution in [3.05, 3.63) is 46.2 Å². The van der Waals surface area contributed by atoms with Gasteiger partial charge >= 0.3 is 0 Å². The van der Waals surface area contributed by atoms with E-state index in [4.69, 9.17) is 5.73 Å². The van der Waals surface area contributed by atoms with Crippen molar-refractivity contribution in [3.8, 4) is 0 Å². The highest BCUT2D eigenvalue weighted by molar-refractivity contribution is 7.09. The lowest BCUT2D eigenvalue weighted by Gasteiger charge is -2.15. The van der Waals surface area contributed by atoms with E-state index in [1.54, 1.807) is 29.7 Å². The van der Waals surface area contributed by atoms with Gasteiger partial charge in [0.25, 0.3) is 5.91 Å². The van der Waals surface area contributed by atoms with Crippen LogP contribution in [0, 0.1) is 0 Å². The molecule has 0 bridgehead atoms. The Kier molecular flexibility index (Phi) is 9.93. The highest BCUT2D eigenvalue weighted by Gasteiger charge is 2.15. The Labute approximate surface area is 146 Å². The maximum Gasteiger partial charge on any atom is 0.273 e. The molecule has 2 aromatic rings. The molecule has 0 unspecified atom stereocenters. The number of carbonyl (C=O) groups is 1. The molecule has 8 heteroatoms. The van der Waals surface area contributed by atoms with Gasteiger partial charge in [0.2, 0.25) is 0 Å². The fourth-order valence-electron chi connectivity index (χ4n) is 1.79. The smallest absolute Gasteiger partial charge is 0.273 e. The Morgan fingerprint density at radius 1 is 1.27 bits per heavy atom. The molecule has 5 nitrogen and oxygen atoms in total. The number of nitrogens with two attached hydrogens (primary N) is 1. The van der Waals surface area contributed by atoms with Gasteiger partial charge in [0, 0.05) is 37.8 Å². The van der Waals surface area contributed by atoms with E-state index in [1.165, 1.54) is 16.9 Å². The van der Waals surface area contributed by atoms with Gasteiger partial charge in [-0.2, -0.15) is 0 Å². The number of hydrogen-bond acceptors (Lipinski definition) is 5. The van der Waals surface area contributed by atoms with Gasteiger partial charge in [0.1, 0.15) is 5.69 Å². The minimum absolute atomic E-state index is 0. The van der Waals surface area contributed by atoms with E-state index in [-0.39, 0.29) is 30.7 Å². The SMILES string of the molecule is CN(CCc1ccncc1)C(=O)c1csc(CCN)n1.Cl.Cl. The van der Waals surface area contributed by atoms with Crippen LogP contribution in [0.1, 0.15) is 21.1 Å². The Hall–Kier alpha value is -1.21. The molecule has 1 amide bonds. The van der Waals surface area contributed by atoms with Crippen LogP contribution in [-0.4, -0.2) is 40.9 Å². The molecule has 0 aliphatic heterocycles. The number of likely N-dealkylation sites (N-methyl/N-ethyl adjacent to an activating group) is 1. The fourth-order valence-corrected chi connectivity index (χ4v) is 2.58. The van der Waals surface area contributed by atoms with Crippen LogP contribution < -0.4 is 5.73 Å². The second-order valence-corrected chi connectivity index (χ2v) is 5.44. The van der Waals surface area contributed by atoms with E-state index < -0.39 is 0 Å². The van der Waals surface area contributed by atoms with Crippen LogP contribution >= 0.6 is 36.2 Å². The summed E-state index contributed by atoms with van der Waals surface area (Å²) in [5.41, 5.74) is 7.16. The van der Waals surface area contributed by atoms with Gasteiger partial charge in [-0.05, 0) is 30.7 Å². The summed E-state index contributed by atoms with van der Waals surface area (Å²) in [6.45, 7) is 1.21. The zero-order valence-corrected chi connectivity index (χ0v) is 14.7. The Balaban J connectivity index is 0.00000220. The highest BCUT2D eigenvalue weighted by atomic mass is 35.5. The monoisotopic (exact) mass is 362 g/mol.